The Hall–Kier alpha value is -1.50. The highest BCUT2D eigenvalue weighted by molar-refractivity contribution is 5.68. The lowest BCUT2D eigenvalue weighted by molar-refractivity contribution is 0.157. The van der Waals surface area contributed by atoms with Crippen LogP contribution in [0.15, 0.2) is 12.7 Å². The molecule has 0 rings (SSSR count). The summed E-state index contributed by atoms with van der Waals surface area (Å²) in [6.07, 6.45) is 0.857. The molecule has 0 aliphatic heterocycles. The Bertz CT molecular complexity index is 183. The van der Waals surface area contributed by atoms with Crippen LogP contribution >= 0.6 is 0 Å². The van der Waals surface area contributed by atoms with Gasteiger partial charge in [0, 0.05) is 0 Å². The van der Waals surface area contributed by atoms with E-state index in [-0.39, 0.29) is 6.61 Å². The topological polar surface area (TPSA) is 62.1 Å². The zero-order valence-electron chi connectivity index (χ0n) is 6.33. The molecule has 0 aromatic heterocycles. The molecule has 0 aliphatic rings. The Morgan fingerprint density at radius 3 is 3.09 bits per heavy atom. The smallest absolute Gasteiger partial charge is 0.408 e. The van der Waals surface area contributed by atoms with Crippen molar-refractivity contribution in [3.63, 3.8) is 0 Å². The van der Waals surface area contributed by atoms with E-state index in [0.717, 1.165) is 0 Å². The Kier molecular flexibility index (Phi) is 4.58. The Morgan fingerprint density at radius 2 is 2.64 bits per heavy atom. The lowest BCUT2D eigenvalue weighted by atomic mass is 10.4. The fourth-order valence-electron chi connectivity index (χ4n) is 0.385. The first-order valence-corrected chi connectivity index (χ1v) is 3.14. The summed E-state index contributed by atoms with van der Waals surface area (Å²) in [5, 5.41) is 10.6. The molecule has 0 saturated carbocycles. The van der Waals surface area contributed by atoms with Gasteiger partial charge in [-0.15, -0.1) is 0 Å². The second-order valence-corrected chi connectivity index (χ2v) is 1.88. The van der Waals surface area contributed by atoms with Crippen molar-refractivity contribution in [1.29, 1.82) is 5.26 Å². The molecule has 0 aromatic rings. The molecule has 0 saturated heterocycles. The van der Waals surface area contributed by atoms with Gasteiger partial charge in [0.25, 0.3) is 0 Å². The van der Waals surface area contributed by atoms with Crippen LogP contribution in [0.1, 0.15) is 6.92 Å². The third-order valence-corrected chi connectivity index (χ3v) is 0.860. The molecule has 11 heavy (non-hydrogen) atoms. The summed E-state index contributed by atoms with van der Waals surface area (Å²) >= 11 is 0. The van der Waals surface area contributed by atoms with Gasteiger partial charge in [0.2, 0.25) is 0 Å². The third-order valence-electron chi connectivity index (χ3n) is 0.860. The number of nitrogens with one attached hydrogen (secondary N) is 1. The molecule has 0 aliphatic carbocycles. The fraction of sp³-hybridized carbons (Fsp3) is 0.429. The summed E-state index contributed by atoms with van der Waals surface area (Å²) in [4.78, 5) is 10.6. The van der Waals surface area contributed by atoms with E-state index in [1.807, 2.05) is 6.07 Å². The molecule has 60 valence electrons. The number of carbonyl (C=O) groups excluding carboxylic acids is 1. The van der Waals surface area contributed by atoms with Gasteiger partial charge >= 0.3 is 6.09 Å². The van der Waals surface area contributed by atoms with Crippen LogP contribution in [0.4, 0.5) is 4.79 Å². The zero-order valence-corrected chi connectivity index (χ0v) is 6.33. The molecular weight excluding hydrogens is 144 g/mol. The lowest BCUT2D eigenvalue weighted by Gasteiger charge is -2.04. The Balaban J connectivity index is 3.53. The summed E-state index contributed by atoms with van der Waals surface area (Å²) in [5.41, 5.74) is 0. The number of hydrogen-bond donors (Lipinski definition) is 1. The van der Waals surface area contributed by atoms with Crippen LogP contribution in [0, 0.1) is 11.3 Å². The summed E-state index contributed by atoms with van der Waals surface area (Å²) < 4.78 is 4.54. The van der Waals surface area contributed by atoms with Gasteiger partial charge in [-0.05, 0) is 6.92 Å². The summed E-state index contributed by atoms with van der Waals surface area (Å²) in [7, 11) is 0. The van der Waals surface area contributed by atoms with Crippen molar-refractivity contribution in [3.05, 3.63) is 12.7 Å². The molecule has 0 radical (unpaired) electrons. The zero-order chi connectivity index (χ0) is 8.69. The maximum absolute atomic E-state index is 10.6. The van der Waals surface area contributed by atoms with Gasteiger partial charge in [-0.3, -0.25) is 0 Å². The van der Waals surface area contributed by atoms with Crippen molar-refractivity contribution < 1.29 is 9.53 Å². The predicted octanol–water partition coefficient (Wildman–Crippen LogP) is 0.811. The molecule has 0 heterocycles. The van der Waals surface area contributed by atoms with Crippen LogP contribution in [-0.2, 0) is 4.74 Å². The van der Waals surface area contributed by atoms with Gasteiger partial charge in [0.15, 0.2) is 0 Å². The normalized spacial score (nSPS) is 10.9. The van der Waals surface area contributed by atoms with Crippen molar-refractivity contribution in [1.82, 2.24) is 5.32 Å². The van der Waals surface area contributed by atoms with Crippen molar-refractivity contribution in [3.8, 4) is 6.07 Å². The molecule has 0 spiro atoms. The molecule has 1 atom stereocenters. The minimum absolute atomic E-state index is 0.157. The molecule has 4 heteroatoms. The average Bonchev–Trinajstić information content (AvgIpc) is 2.00. The predicted molar refractivity (Wildman–Crippen MR) is 39.8 cm³/mol. The van der Waals surface area contributed by atoms with Gasteiger partial charge < -0.3 is 10.1 Å². The fourth-order valence-corrected chi connectivity index (χ4v) is 0.385. The van der Waals surface area contributed by atoms with Crippen LogP contribution in [0.5, 0.6) is 0 Å². The summed E-state index contributed by atoms with van der Waals surface area (Å²) in [6, 6.07) is 1.31. The van der Waals surface area contributed by atoms with Gasteiger partial charge in [-0.25, -0.2) is 4.79 Å². The number of amides is 1. The first-order valence-electron chi connectivity index (χ1n) is 3.14. The monoisotopic (exact) mass is 154 g/mol. The largest absolute Gasteiger partial charge is 0.445 e. The van der Waals surface area contributed by atoms with E-state index in [1.54, 1.807) is 6.92 Å². The summed E-state index contributed by atoms with van der Waals surface area (Å²) in [6.45, 7) is 5.08. The SMILES string of the molecule is C=CCOC(=O)NC(C)C#N. The number of rotatable bonds is 3. The first kappa shape index (κ1) is 9.50. The molecule has 0 fully saturated rings. The van der Waals surface area contributed by atoms with Crippen LogP contribution in [-0.4, -0.2) is 18.7 Å². The first-order chi connectivity index (χ1) is 5.20. The summed E-state index contributed by atoms with van der Waals surface area (Å²) in [5.74, 6) is 0. The van der Waals surface area contributed by atoms with Crippen LogP contribution < -0.4 is 5.32 Å². The van der Waals surface area contributed by atoms with Crippen molar-refractivity contribution in [2.75, 3.05) is 6.61 Å². The van der Waals surface area contributed by atoms with Crippen molar-refractivity contribution in [2.24, 2.45) is 0 Å². The molecule has 0 aromatic carbocycles. The minimum atomic E-state index is -0.598. The third kappa shape index (κ3) is 4.97. The number of carbonyl (C=O) groups is 1. The van der Waals surface area contributed by atoms with Gasteiger partial charge in [0.05, 0.1) is 6.07 Å². The highest BCUT2D eigenvalue weighted by Gasteiger charge is 2.04. The van der Waals surface area contributed by atoms with Crippen LogP contribution in [0.3, 0.4) is 0 Å². The second-order valence-electron chi connectivity index (χ2n) is 1.88. The van der Waals surface area contributed by atoms with Gasteiger partial charge in [0.1, 0.15) is 12.6 Å². The maximum atomic E-state index is 10.6. The maximum Gasteiger partial charge on any atom is 0.408 e. The quantitative estimate of drug-likeness (QED) is 0.612. The highest BCUT2D eigenvalue weighted by Crippen LogP contribution is 1.81. The molecule has 0 bridgehead atoms. The van der Waals surface area contributed by atoms with E-state index in [9.17, 15) is 4.79 Å². The Labute approximate surface area is 65.5 Å². The van der Waals surface area contributed by atoms with Crippen molar-refractivity contribution >= 4 is 6.09 Å². The van der Waals surface area contributed by atoms with E-state index in [0.29, 0.717) is 0 Å². The number of nitriles is 1. The average molecular weight is 154 g/mol. The van der Waals surface area contributed by atoms with Gasteiger partial charge in [-0.2, -0.15) is 5.26 Å². The van der Waals surface area contributed by atoms with Gasteiger partial charge in [-0.1, -0.05) is 12.7 Å². The standard InChI is InChI=1S/C7H10N2O2/c1-3-4-11-7(10)9-6(2)5-8/h3,6H,1,4H2,2H3,(H,9,10). The number of hydrogen-bond acceptors (Lipinski definition) is 3. The number of alkyl carbamates (subject to hydrolysis) is 1. The molecule has 4 nitrogen and oxygen atoms in total. The molecule has 1 N–H and O–H groups in total. The van der Waals surface area contributed by atoms with Crippen molar-refractivity contribution in [2.45, 2.75) is 13.0 Å². The molecular formula is C7H10N2O2. The van der Waals surface area contributed by atoms with E-state index in [4.69, 9.17) is 5.26 Å². The van der Waals surface area contributed by atoms with Crippen LogP contribution in [0.25, 0.3) is 0 Å². The highest BCUT2D eigenvalue weighted by atomic mass is 16.5. The van der Waals surface area contributed by atoms with Crippen LogP contribution in [0.2, 0.25) is 0 Å². The van der Waals surface area contributed by atoms with E-state index < -0.39 is 12.1 Å². The Morgan fingerprint density at radius 1 is 2.00 bits per heavy atom. The second kappa shape index (κ2) is 5.30. The molecule has 1 amide bonds. The van der Waals surface area contributed by atoms with E-state index >= 15 is 0 Å². The van der Waals surface area contributed by atoms with E-state index in [2.05, 4.69) is 16.6 Å². The minimum Gasteiger partial charge on any atom is -0.445 e. The molecule has 1 unspecified atom stereocenters. The lowest BCUT2D eigenvalue weighted by Crippen LogP contribution is -2.31. The number of nitrogens with zero attached hydrogens (tertiary/aromatic N) is 1. The van der Waals surface area contributed by atoms with E-state index in [1.165, 1.54) is 6.08 Å². The number of ether oxygens (including phenoxy) is 1.